The van der Waals surface area contributed by atoms with E-state index in [0.29, 0.717) is 16.3 Å². The van der Waals surface area contributed by atoms with Crippen LogP contribution in [0.15, 0.2) is 18.2 Å². The number of rotatable bonds is 4. The topological polar surface area (TPSA) is 76.4 Å². The molecule has 0 spiro atoms. The molecule has 21 heavy (non-hydrogen) atoms. The highest BCUT2D eigenvalue weighted by molar-refractivity contribution is 6.32. The maximum atomic E-state index is 12.1. The number of nitrogens with zero attached hydrogens (tertiary/aromatic N) is 2. The van der Waals surface area contributed by atoms with E-state index in [4.69, 9.17) is 16.9 Å². The number of hydrogen-bond acceptors (Lipinski definition) is 4. The van der Waals surface area contributed by atoms with Crippen LogP contribution in [0.1, 0.15) is 24.8 Å². The number of nitrogens with one attached hydrogen (secondary N) is 1. The van der Waals surface area contributed by atoms with E-state index in [1.807, 2.05) is 11.0 Å². The molecular weight excluding hydrogens is 290 g/mol. The smallest absolute Gasteiger partial charge is 0.238 e. The monoisotopic (exact) mass is 307 g/mol. The van der Waals surface area contributed by atoms with Gasteiger partial charge in [0.25, 0.3) is 0 Å². The standard InChI is InChI=1S/C15H18ClN3O2/c16-14-7-12(5-4-11(14)8-17)18-15(21)9-19-6-2-1-3-13(19)10-20/h4-5,7,13,20H,1-3,6,9-10H2,(H,18,21). The molecule has 2 rings (SSSR count). The van der Waals surface area contributed by atoms with Gasteiger partial charge in [-0.2, -0.15) is 5.26 Å². The molecule has 1 atom stereocenters. The van der Waals surface area contributed by atoms with E-state index in [1.54, 1.807) is 18.2 Å². The van der Waals surface area contributed by atoms with Crippen molar-refractivity contribution in [3.63, 3.8) is 0 Å². The average Bonchev–Trinajstić information content (AvgIpc) is 2.48. The fourth-order valence-corrected chi connectivity index (χ4v) is 2.77. The number of likely N-dealkylation sites (tertiary alicyclic amines) is 1. The maximum Gasteiger partial charge on any atom is 0.238 e. The van der Waals surface area contributed by atoms with E-state index in [2.05, 4.69) is 5.32 Å². The Bertz CT molecular complexity index is 556. The quantitative estimate of drug-likeness (QED) is 0.892. The Morgan fingerprint density at radius 3 is 3.00 bits per heavy atom. The first-order valence-corrected chi connectivity index (χ1v) is 7.36. The molecule has 1 saturated heterocycles. The summed E-state index contributed by atoms with van der Waals surface area (Å²) < 4.78 is 0. The third-order valence-corrected chi connectivity index (χ3v) is 3.99. The van der Waals surface area contributed by atoms with Gasteiger partial charge in [0, 0.05) is 11.7 Å². The van der Waals surface area contributed by atoms with Gasteiger partial charge in [0.05, 0.1) is 23.7 Å². The third kappa shape index (κ3) is 4.18. The first-order chi connectivity index (χ1) is 10.1. The van der Waals surface area contributed by atoms with Gasteiger partial charge in [0.1, 0.15) is 6.07 Å². The summed E-state index contributed by atoms with van der Waals surface area (Å²) in [5.41, 5.74) is 0.951. The molecule has 1 unspecified atom stereocenters. The maximum absolute atomic E-state index is 12.1. The number of carbonyl (C=O) groups excluding carboxylic acids is 1. The predicted molar refractivity (Wildman–Crippen MR) is 81.1 cm³/mol. The van der Waals surface area contributed by atoms with Crippen LogP contribution in [0.4, 0.5) is 5.69 Å². The summed E-state index contributed by atoms with van der Waals surface area (Å²) in [5.74, 6) is -0.142. The Morgan fingerprint density at radius 1 is 1.52 bits per heavy atom. The molecule has 0 radical (unpaired) electrons. The normalized spacial score (nSPS) is 19.0. The molecule has 1 aromatic rings. The van der Waals surface area contributed by atoms with Gasteiger partial charge in [-0.05, 0) is 37.6 Å². The van der Waals surface area contributed by atoms with Crippen molar-refractivity contribution in [2.45, 2.75) is 25.3 Å². The highest BCUT2D eigenvalue weighted by Gasteiger charge is 2.23. The summed E-state index contributed by atoms with van der Waals surface area (Å²) in [5, 5.41) is 21.2. The molecule has 1 amide bonds. The molecule has 0 bridgehead atoms. The lowest BCUT2D eigenvalue weighted by atomic mass is 10.0. The Hall–Kier alpha value is -1.61. The predicted octanol–water partition coefficient (Wildman–Crippen LogP) is 2.00. The van der Waals surface area contributed by atoms with E-state index in [9.17, 15) is 9.90 Å². The number of carbonyl (C=O) groups is 1. The van der Waals surface area contributed by atoms with Gasteiger partial charge in [-0.25, -0.2) is 0 Å². The summed E-state index contributed by atoms with van der Waals surface area (Å²) in [6.07, 6.45) is 3.06. The number of aliphatic hydroxyl groups is 1. The molecule has 0 aromatic heterocycles. The van der Waals surface area contributed by atoms with Crippen molar-refractivity contribution in [2.24, 2.45) is 0 Å². The van der Waals surface area contributed by atoms with E-state index >= 15 is 0 Å². The molecule has 0 aliphatic carbocycles. The number of halogens is 1. The van der Waals surface area contributed by atoms with E-state index < -0.39 is 0 Å². The highest BCUT2D eigenvalue weighted by atomic mass is 35.5. The van der Waals surface area contributed by atoms with Crippen molar-refractivity contribution in [2.75, 3.05) is 25.0 Å². The lowest BCUT2D eigenvalue weighted by Gasteiger charge is -2.33. The van der Waals surface area contributed by atoms with Crippen LogP contribution in [0.25, 0.3) is 0 Å². The fourth-order valence-electron chi connectivity index (χ4n) is 2.54. The first-order valence-electron chi connectivity index (χ1n) is 6.98. The third-order valence-electron chi connectivity index (χ3n) is 3.68. The molecule has 1 aromatic carbocycles. The van der Waals surface area contributed by atoms with Gasteiger partial charge in [0.2, 0.25) is 5.91 Å². The number of piperidine rings is 1. The second-order valence-electron chi connectivity index (χ2n) is 5.16. The zero-order chi connectivity index (χ0) is 15.2. The lowest BCUT2D eigenvalue weighted by molar-refractivity contribution is -0.118. The molecule has 112 valence electrons. The number of hydrogen-bond donors (Lipinski definition) is 2. The van der Waals surface area contributed by atoms with Crippen LogP contribution in [-0.4, -0.2) is 41.7 Å². The SMILES string of the molecule is N#Cc1ccc(NC(=O)CN2CCCCC2CO)cc1Cl. The number of anilines is 1. The van der Waals surface area contributed by atoms with Crippen molar-refractivity contribution in [3.8, 4) is 6.07 Å². The van der Waals surface area contributed by atoms with E-state index in [0.717, 1.165) is 25.8 Å². The summed E-state index contributed by atoms with van der Waals surface area (Å²) in [6.45, 7) is 1.16. The van der Waals surface area contributed by atoms with Crippen LogP contribution in [0, 0.1) is 11.3 Å². The summed E-state index contributed by atoms with van der Waals surface area (Å²) >= 11 is 5.93. The minimum atomic E-state index is -0.142. The van der Waals surface area contributed by atoms with Crippen LogP contribution in [0.5, 0.6) is 0 Å². The van der Waals surface area contributed by atoms with Crippen molar-refractivity contribution < 1.29 is 9.90 Å². The van der Waals surface area contributed by atoms with Gasteiger partial charge >= 0.3 is 0 Å². The Kier molecular flexibility index (Phi) is 5.57. The largest absolute Gasteiger partial charge is 0.395 e. The molecular formula is C15H18ClN3O2. The minimum Gasteiger partial charge on any atom is -0.395 e. The van der Waals surface area contributed by atoms with Crippen LogP contribution in [0.2, 0.25) is 5.02 Å². The number of nitriles is 1. The molecule has 5 nitrogen and oxygen atoms in total. The molecule has 1 fully saturated rings. The van der Waals surface area contributed by atoms with Crippen LogP contribution >= 0.6 is 11.6 Å². The van der Waals surface area contributed by atoms with Crippen molar-refractivity contribution in [3.05, 3.63) is 28.8 Å². The van der Waals surface area contributed by atoms with Gasteiger partial charge in [0.15, 0.2) is 0 Å². The second kappa shape index (κ2) is 7.41. The van der Waals surface area contributed by atoms with E-state index in [-0.39, 0.29) is 25.1 Å². The minimum absolute atomic E-state index is 0.0639. The Labute approximate surface area is 129 Å². The average molecular weight is 308 g/mol. The number of benzene rings is 1. The van der Waals surface area contributed by atoms with Crippen molar-refractivity contribution in [1.82, 2.24) is 4.90 Å². The lowest BCUT2D eigenvalue weighted by Crippen LogP contribution is -2.45. The van der Waals surface area contributed by atoms with Gasteiger partial charge in [-0.3, -0.25) is 9.69 Å². The summed E-state index contributed by atoms with van der Waals surface area (Å²) in [7, 11) is 0. The first kappa shape index (κ1) is 15.8. The summed E-state index contributed by atoms with van der Waals surface area (Å²) in [6, 6.07) is 6.84. The fraction of sp³-hybridized carbons (Fsp3) is 0.467. The molecule has 1 aliphatic rings. The molecule has 2 N–H and O–H groups in total. The second-order valence-corrected chi connectivity index (χ2v) is 5.56. The zero-order valence-electron chi connectivity index (χ0n) is 11.7. The molecule has 1 heterocycles. The Morgan fingerprint density at radius 2 is 2.33 bits per heavy atom. The number of aliphatic hydroxyl groups excluding tert-OH is 1. The van der Waals surface area contributed by atoms with Gasteiger partial charge in [-0.15, -0.1) is 0 Å². The zero-order valence-corrected chi connectivity index (χ0v) is 12.4. The van der Waals surface area contributed by atoms with Crippen LogP contribution in [0.3, 0.4) is 0 Å². The molecule has 6 heteroatoms. The molecule has 0 saturated carbocycles. The highest BCUT2D eigenvalue weighted by Crippen LogP contribution is 2.21. The van der Waals surface area contributed by atoms with E-state index in [1.165, 1.54) is 0 Å². The van der Waals surface area contributed by atoms with Crippen LogP contribution in [-0.2, 0) is 4.79 Å². The van der Waals surface area contributed by atoms with Gasteiger partial charge in [-0.1, -0.05) is 18.0 Å². The van der Waals surface area contributed by atoms with Crippen LogP contribution < -0.4 is 5.32 Å². The number of amides is 1. The Balaban J connectivity index is 1.95. The molecule has 1 aliphatic heterocycles. The summed E-state index contributed by atoms with van der Waals surface area (Å²) in [4.78, 5) is 14.1. The van der Waals surface area contributed by atoms with Gasteiger partial charge < -0.3 is 10.4 Å². The van der Waals surface area contributed by atoms with Crippen molar-refractivity contribution in [1.29, 1.82) is 5.26 Å². The van der Waals surface area contributed by atoms with Crippen molar-refractivity contribution >= 4 is 23.2 Å².